The van der Waals surface area contributed by atoms with Gasteiger partial charge in [-0.1, -0.05) is 43.3 Å². The summed E-state index contributed by atoms with van der Waals surface area (Å²) in [5, 5.41) is 8.39. The Bertz CT molecular complexity index is 2900. The number of anilines is 9. The number of ether oxygens (including phenoxy) is 4. The number of carbonyl (C=O) groups is 2. The summed E-state index contributed by atoms with van der Waals surface area (Å²) in [6.45, 7) is 6.19. The molecular formula is C53H61ClF6N10O6. The van der Waals surface area contributed by atoms with Gasteiger partial charge in [0, 0.05) is 96.3 Å². The van der Waals surface area contributed by atoms with E-state index in [-0.39, 0.29) is 64.1 Å². The van der Waals surface area contributed by atoms with Crippen LogP contribution in [-0.4, -0.2) is 127 Å². The number of rotatable bonds is 12. The highest BCUT2D eigenvalue weighted by Gasteiger charge is 2.36. The van der Waals surface area contributed by atoms with E-state index in [0.29, 0.717) is 36.5 Å². The molecule has 4 heterocycles. The monoisotopic (exact) mass is 1080 g/mol. The number of halogens is 7. The lowest BCUT2D eigenvalue weighted by atomic mass is 10.1. The van der Waals surface area contributed by atoms with Crippen LogP contribution in [0.3, 0.4) is 0 Å². The number of nitrogens with one attached hydrogen (secondary N) is 3. The maximum atomic E-state index is 13.8. The van der Waals surface area contributed by atoms with Crippen LogP contribution in [-0.2, 0) is 21.8 Å². The first-order chi connectivity index (χ1) is 35.7. The van der Waals surface area contributed by atoms with Crippen molar-refractivity contribution in [3.8, 4) is 11.5 Å². The fourth-order valence-electron chi connectivity index (χ4n) is 7.60. The maximum absolute atomic E-state index is 13.8. The SMILES string of the molecule is C.CN(C)C(=O)c1ccccc1Nc1cc(Cl)ncc1C(F)(F)F.COc1cc(N2CCOCC2)ccc1N.COc1cc(N2CCOCC2)ccc1Nc1cc(Nc2ccccc2C(=O)N(C)C)c(C(F)(F)F)cn1. The van der Waals surface area contributed by atoms with Crippen molar-refractivity contribution in [1.29, 1.82) is 0 Å². The summed E-state index contributed by atoms with van der Waals surface area (Å²) in [5.74, 6) is 0.751. The van der Waals surface area contributed by atoms with Crippen LogP contribution < -0.4 is 41.0 Å². The number of nitrogens with zero attached hydrogens (tertiary/aromatic N) is 6. The summed E-state index contributed by atoms with van der Waals surface area (Å²) in [6, 6.07) is 26.5. The molecule has 408 valence electrons. The minimum Gasteiger partial charge on any atom is -0.495 e. The Kier molecular flexibility index (Phi) is 20.8. The summed E-state index contributed by atoms with van der Waals surface area (Å²) >= 11 is 5.69. The Morgan fingerprint density at radius 2 is 1.03 bits per heavy atom. The van der Waals surface area contributed by atoms with Gasteiger partial charge < -0.3 is 60.2 Å². The van der Waals surface area contributed by atoms with Gasteiger partial charge in [0.15, 0.2) is 0 Å². The van der Waals surface area contributed by atoms with Crippen LogP contribution in [0.5, 0.6) is 11.5 Å². The predicted octanol–water partition coefficient (Wildman–Crippen LogP) is 11.1. The Morgan fingerprint density at radius 3 is 1.49 bits per heavy atom. The Balaban J connectivity index is 0.000000232. The molecule has 0 atom stereocenters. The molecule has 0 spiro atoms. The van der Waals surface area contributed by atoms with Crippen molar-refractivity contribution in [1.82, 2.24) is 19.8 Å². The topological polar surface area (TPSA) is 172 Å². The maximum Gasteiger partial charge on any atom is 0.419 e. The van der Waals surface area contributed by atoms with E-state index in [4.69, 9.17) is 36.3 Å². The minimum atomic E-state index is -4.66. The van der Waals surface area contributed by atoms with E-state index in [1.807, 2.05) is 30.3 Å². The van der Waals surface area contributed by atoms with E-state index < -0.39 is 23.5 Å². The highest BCUT2D eigenvalue weighted by Crippen LogP contribution is 2.40. The first-order valence-corrected chi connectivity index (χ1v) is 23.6. The molecule has 2 aliphatic heterocycles. The second kappa shape index (κ2) is 26.7. The molecule has 0 saturated carbocycles. The number of aromatic nitrogens is 2. The lowest BCUT2D eigenvalue weighted by molar-refractivity contribution is -0.138. The first kappa shape index (κ1) is 59.2. The summed E-state index contributed by atoms with van der Waals surface area (Å²) in [5.41, 5.74) is 7.63. The van der Waals surface area contributed by atoms with Crippen LogP contribution in [0.4, 0.5) is 77.7 Å². The van der Waals surface area contributed by atoms with Crippen LogP contribution in [0, 0.1) is 0 Å². The van der Waals surface area contributed by atoms with Crippen LogP contribution in [0.1, 0.15) is 39.3 Å². The van der Waals surface area contributed by atoms with Crippen molar-refractivity contribution in [3.63, 3.8) is 0 Å². The highest BCUT2D eigenvalue weighted by atomic mass is 35.5. The molecule has 16 nitrogen and oxygen atoms in total. The van der Waals surface area contributed by atoms with Crippen molar-refractivity contribution in [2.45, 2.75) is 19.8 Å². The van der Waals surface area contributed by atoms with E-state index in [2.05, 4.69) is 35.7 Å². The molecular weight excluding hydrogens is 1020 g/mol. The number of pyridine rings is 2. The van der Waals surface area contributed by atoms with Gasteiger partial charge in [0.05, 0.1) is 97.0 Å². The number of benzene rings is 4. The van der Waals surface area contributed by atoms with Crippen molar-refractivity contribution < 1.29 is 54.9 Å². The molecule has 0 aliphatic carbocycles. The quantitative estimate of drug-likeness (QED) is 0.0518. The van der Waals surface area contributed by atoms with Crippen LogP contribution in [0.25, 0.3) is 0 Å². The molecule has 4 aromatic carbocycles. The lowest BCUT2D eigenvalue weighted by Gasteiger charge is -2.29. The number of morpholine rings is 2. The van der Waals surface area contributed by atoms with Crippen LogP contribution in [0.15, 0.2) is 109 Å². The molecule has 2 saturated heterocycles. The first-order valence-electron chi connectivity index (χ1n) is 23.2. The molecule has 76 heavy (non-hydrogen) atoms. The van der Waals surface area contributed by atoms with Gasteiger partial charge in [-0.2, -0.15) is 26.3 Å². The number of carbonyl (C=O) groups excluding carboxylic acids is 2. The number of amides is 2. The lowest BCUT2D eigenvalue weighted by Crippen LogP contribution is -2.36. The number of para-hydroxylation sites is 2. The van der Waals surface area contributed by atoms with Crippen LogP contribution >= 0.6 is 11.6 Å². The molecule has 8 rings (SSSR count). The van der Waals surface area contributed by atoms with Crippen molar-refractivity contribution in [2.75, 3.05) is 127 Å². The molecule has 23 heteroatoms. The third-order valence-corrected chi connectivity index (χ3v) is 11.7. The van der Waals surface area contributed by atoms with E-state index in [1.54, 1.807) is 77.8 Å². The third-order valence-electron chi connectivity index (χ3n) is 11.5. The fraction of sp³-hybridized carbons (Fsp3) is 0.321. The van der Waals surface area contributed by atoms with Gasteiger partial charge in [-0.05, 0) is 54.6 Å². The summed E-state index contributed by atoms with van der Waals surface area (Å²) < 4.78 is 102. The average molecular weight is 1080 g/mol. The zero-order valence-electron chi connectivity index (χ0n) is 41.9. The van der Waals surface area contributed by atoms with E-state index in [9.17, 15) is 35.9 Å². The molecule has 2 aromatic heterocycles. The number of hydrogen-bond donors (Lipinski definition) is 4. The van der Waals surface area contributed by atoms with Crippen LogP contribution in [0.2, 0.25) is 5.15 Å². The zero-order valence-corrected chi connectivity index (χ0v) is 42.7. The summed E-state index contributed by atoms with van der Waals surface area (Å²) in [4.78, 5) is 39.3. The van der Waals surface area contributed by atoms with E-state index in [1.165, 1.54) is 35.1 Å². The standard InChI is InChI=1S/C26H28F3N5O3.C15H13ClF3N3O.C11H16N2O2.CH4/c1-33(2)25(35)18-6-4-5-7-20(18)31-22-15-24(30-16-19(22)26(27,28)29)32-21-9-8-17(14-23(21)36-3)34-10-12-37-13-11-34;1-22(2)14(23)9-5-3-4-6-11(9)21-12-7-13(16)20-8-10(12)15(17,18)19;1-14-11-8-9(2-3-10(11)12)13-4-6-15-7-5-13;/h4-9,14-16H,10-13H2,1-3H3,(H2,30,31,32);3-8H,1-2H3,(H,20,21);2-3,8H,4-7,12H2,1H3;1H4. The zero-order chi connectivity index (χ0) is 54.5. The molecule has 0 radical (unpaired) electrons. The van der Waals surface area contributed by atoms with E-state index in [0.717, 1.165) is 68.8 Å². The molecule has 2 fully saturated rings. The minimum absolute atomic E-state index is 0. The number of alkyl halides is 6. The van der Waals surface area contributed by atoms with E-state index >= 15 is 0 Å². The molecule has 6 aromatic rings. The molecule has 5 N–H and O–H groups in total. The van der Waals surface area contributed by atoms with Crippen molar-refractivity contribution in [3.05, 3.63) is 137 Å². The van der Waals surface area contributed by atoms with Gasteiger partial charge in [-0.3, -0.25) is 9.59 Å². The predicted molar refractivity (Wildman–Crippen MR) is 285 cm³/mol. The molecule has 2 amide bonds. The highest BCUT2D eigenvalue weighted by molar-refractivity contribution is 6.29. The normalized spacial score (nSPS) is 13.3. The van der Waals surface area contributed by atoms with Gasteiger partial charge in [0.25, 0.3) is 11.8 Å². The third kappa shape index (κ3) is 15.7. The second-order valence-corrected chi connectivity index (χ2v) is 17.4. The Hall–Kier alpha value is -7.69. The average Bonchev–Trinajstić information content (AvgIpc) is 3.39. The Labute approximate surface area is 442 Å². The number of nitrogen functional groups attached to an aromatic ring is 1. The van der Waals surface area contributed by atoms with Gasteiger partial charge >= 0.3 is 12.4 Å². The van der Waals surface area contributed by atoms with Gasteiger partial charge in [-0.15, -0.1) is 0 Å². The largest absolute Gasteiger partial charge is 0.495 e. The molecule has 0 unspecified atom stereocenters. The molecule has 0 bridgehead atoms. The van der Waals surface area contributed by atoms with Gasteiger partial charge in [0.2, 0.25) is 0 Å². The Morgan fingerprint density at radius 1 is 0.592 bits per heavy atom. The second-order valence-electron chi connectivity index (χ2n) is 17.0. The number of hydrogen-bond acceptors (Lipinski definition) is 14. The number of methoxy groups -OCH3 is 2. The van der Waals surface area contributed by atoms with Gasteiger partial charge in [-0.25, -0.2) is 9.97 Å². The summed E-state index contributed by atoms with van der Waals surface area (Å²) in [7, 11) is 9.43. The smallest absolute Gasteiger partial charge is 0.419 e. The van der Waals surface area contributed by atoms with Crippen molar-refractivity contribution >= 4 is 74.7 Å². The summed E-state index contributed by atoms with van der Waals surface area (Å²) in [6.07, 6.45) is -7.84. The molecule has 2 aliphatic rings. The van der Waals surface area contributed by atoms with Crippen molar-refractivity contribution in [2.24, 2.45) is 0 Å². The van der Waals surface area contributed by atoms with Gasteiger partial charge in [0.1, 0.15) is 22.5 Å². The number of nitrogens with two attached hydrogens (primary N) is 1. The fourth-order valence-corrected chi connectivity index (χ4v) is 7.76.